The molecule has 1 aliphatic heterocycles. The molecule has 0 amide bonds. The summed E-state index contributed by atoms with van der Waals surface area (Å²) < 4.78 is 5.29. The average Bonchev–Trinajstić information content (AvgIpc) is 2.41. The minimum atomic E-state index is -0.865. The van der Waals surface area contributed by atoms with Crippen molar-refractivity contribution in [2.45, 2.75) is 25.2 Å². The van der Waals surface area contributed by atoms with E-state index in [1.807, 2.05) is 0 Å². The van der Waals surface area contributed by atoms with Gasteiger partial charge in [0.25, 0.3) is 0 Å². The van der Waals surface area contributed by atoms with Crippen LogP contribution in [-0.2, 0) is 4.74 Å². The van der Waals surface area contributed by atoms with Crippen LogP contribution >= 0.6 is 0 Å². The Bertz CT molecular complexity index is 174. The molecule has 0 aromatic heterocycles. The van der Waals surface area contributed by atoms with Crippen molar-refractivity contribution in [3.63, 3.8) is 0 Å². The second kappa shape index (κ2) is 3.89. The molecule has 4 atom stereocenters. The van der Waals surface area contributed by atoms with Gasteiger partial charge >= 0.3 is 0 Å². The van der Waals surface area contributed by atoms with Gasteiger partial charge in [0.2, 0.25) is 0 Å². The van der Waals surface area contributed by atoms with Crippen LogP contribution in [0.3, 0.4) is 0 Å². The number of nitrogens with two attached hydrogens (primary N) is 1. The average molecular weight is 191 g/mol. The Balaban J connectivity index is 2.80. The molecule has 78 valence electrons. The van der Waals surface area contributed by atoms with Gasteiger partial charge in [-0.3, -0.25) is 0 Å². The van der Waals surface area contributed by atoms with Gasteiger partial charge in [-0.1, -0.05) is 6.92 Å². The van der Waals surface area contributed by atoms with Crippen molar-refractivity contribution in [1.29, 1.82) is 0 Å². The van der Waals surface area contributed by atoms with E-state index in [-0.39, 0.29) is 19.8 Å². The van der Waals surface area contributed by atoms with Gasteiger partial charge in [0.15, 0.2) is 0 Å². The van der Waals surface area contributed by atoms with Crippen molar-refractivity contribution in [2.75, 3.05) is 19.8 Å². The third-order valence-corrected chi connectivity index (χ3v) is 2.84. The fourth-order valence-electron chi connectivity index (χ4n) is 1.72. The summed E-state index contributed by atoms with van der Waals surface area (Å²) >= 11 is 0. The van der Waals surface area contributed by atoms with Crippen LogP contribution in [0.1, 0.15) is 6.92 Å². The molecule has 5 N–H and O–H groups in total. The lowest BCUT2D eigenvalue weighted by molar-refractivity contribution is -0.0193. The van der Waals surface area contributed by atoms with Crippen LogP contribution in [0, 0.1) is 5.41 Å². The van der Waals surface area contributed by atoms with Crippen LogP contribution in [0.5, 0.6) is 0 Å². The van der Waals surface area contributed by atoms with Crippen LogP contribution in [0.15, 0.2) is 0 Å². The molecule has 1 saturated heterocycles. The van der Waals surface area contributed by atoms with E-state index >= 15 is 0 Å². The van der Waals surface area contributed by atoms with E-state index in [4.69, 9.17) is 20.7 Å². The standard InChI is InChI=1S/C8H17NO4/c1-8(4-11)6(2-9)13-5(3-10)7(8)12/h5-7,10-12H,2-4,9H2,1H3/t5-,6+,7?,8?/m1/s1. The Morgan fingerprint density at radius 3 is 2.38 bits per heavy atom. The molecule has 0 radical (unpaired) electrons. The molecule has 0 aromatic rings. The monoisotopic (exact) mass is 191 g/mol. The Kier molecular flexibility index (Phi) is 3.26. The minimum absolute atomic E-state index is 0.202. The van der Waals surface area contributed by atoms with Gasteiger partial charge in [-0.2, -0.15) is 0 Å². The Hall–Kier alpha value is -0.200. The lowest BCUT2D eigenvalue weighted by atomic mass is 9.80. The van der Waals surface area contributed by atoms with Gasteiger partial charge in [-0.25, -0.2) is 0 Å². The molecule has 2 unspecified atom stereocenters. The minimum Gasteiger partial charge on any atom is -0.396 e. The first kappa shape index (κ1) is 10.9. The summed E-state index contributed by atoms with van der Waals surface area (Å²) in [5.74, 6) is 0. The van der Waals surface area contributed by atoms with Gasteiger partial charge in [0.05, 0.1) is 25.4 Å². The fourth-order valence-corrected chi connectivity index (χ4v) is 1.72. The molecule has 0 saturated carbocycles. The van der Waals surface area contributed by atoms with Crippen molar-refractivity contribution < 1.29 is 20.1 Å². The summed E-state index contributed by atoms with van der Waals surface area (Å²) in [6, 6.07) is 0. The Morgan fingerprint density at radius 2 is 2.08 bits per heavy atom. The lowest BCUT2D eigenvalue weighted by Crippen LogP contribution is -2.44. The topological polar surface area (TPSA) is 95.9 Å². The second-order valence-electron chi connectivity index (χ2n) is 3.69. The number of hydrogen-bond acceptors (Lipinski definition) is 5. The molecule has 1 heterocycles. The molecule has 1 rings (SSSR count). The highest BCUT2D eigenvalue weighted by Crippen LogP contribution is 2.37. The number of aliphatic hydroxyl groups is 3. The van der Waals surface area contributed by atoms with Crippen molar-refractivity contribution in [2.24, 2.45) is 11.1 Å². The molecule has 0 aliphatic carbocycles. The van der Waals surface area contributed by atoms with E-state index in [1.54, 1.807) is 6.92 Å². The molecule has 0 spiro atoms. The number of rotatable bonds is 3. The van der Waals surface area contributed by atoms with Crippen LogP contribution in [0.2, 0.25) is 0 Å². The summed E-state index contributed by atoms with van der Waals surface area (Å²) in [5.41, 5.74) is 4.67. The largest absolute Gasteiger partial charge is 0.396 e. The molecule has 5 heteroatoms. The van der Waals surface area contributed by atoms with E-state index in [0.29, 0.717) is 0 Å². The molecular weight excluding hydrogens is 174 g/mol. The predicted octanol–water partition coefficient (Wildman–Crippen LogP) is -1.94. The van der Waals surface area contributed by atoms with Gasteiger partial charge in [0, 0.05) is 12.0 Å². The maximum Gasteiger partial charge on any atom is 0.108 e. The first-order valence-corrected chi connectivity index (χ1v) is 4.35. The first-order valence-electron chi connectivity index (χ1n) is 4.35. The highest BCUT2D eigenvalue weighted by molar-refractivity contribution is 4.99. The van der Waals surface area contributed by atoms with Crippen LogP contribution in [-0.4, -0.2) is 53.4 Å². The van der Waals surface area contributed by atoms with Gasteiger partial charge in [0.1, 0.15) is 6.10 Å². The Morgan fingerprint density at radius 1 is 1.46 bits per heavy atom. The van der Waals surface area contributed by atoms with E-state index in [1.165, 1.54) is 0 Å². The van der Waals surface area contributed by atoms with Crippen molar-refractivity contribution in [3.8, 4) is 0 Å². The zero-order valence-corrected chi connectivity index (χ0v) is 7.68. The highest BCUT2D eigenvalue weighted by atomic mass is 16.5. The van der Waals surface area contributed by atoms with Crippen molar-refractivity contribution in [1.82, 2.24) is 0 Å². The molecule has 0 aromatic carbocycles. The van der Waals surface area contributed by atoms with E-state index in [2.05, 4.69) is 0 Å². The lowest BCUT2D eigenvalue weighted by Gasteiger charge is -2.29. The molecule has 5 nitrogen and oxygen atoms in total. The fraction of sp³-hybridized carbons (Fsp3) is 1.00. The normalized spacial score (nSPS) is 45.5. The summed E-state index contributed by atoms with van der Waals surface area (Å²) in [4.78, 5) is 0. The molecule has 0 bridgehead atoms. The number of ether oxygens (including phenoxy) is 1. The highest BCUT2D eigenvalue weighted by Gasteiger charge is 2.51. The molecule has 1 aliphatic rings. The van der Waals surface area contributed by atoms with Gasteiger partial charge in [-0.05, 0) is 0 Å². The number of hydrogen-bond donors (Lipinski definition) is 4. The Labute approximate surface area is 77.1 Å². The first-order chi connectivity index (χ1) is 6.10. The third-order valence-electron chi connectivity index (χ3n) is 2.84. The van der Waals surface area contributed by atoms with Crippen molar-refractivity contribution in [3.05, 3.63) is 0 Å². The van der Waals surface area contributed by atoms with Gasteiger partial charge < -0.3 is 25.8 Å². The molecular formula is C8H17NO4. The van der Waals surface area contributed by atoms with Gasteiger partial charge in [-0.15, -0.1) is 0 Å². The van der Waals surface area contributed by atoms with Crippen LogP contribution in [0.4, 0.5) is 0 Å². The molecule has 13 heavy (non-hydrogen) atoms. The number of aliphatic hydroxyl groups excluding tert-OH is 3. The SMILES string of the molecule is CC1(CO)C(O)[C@@H](CO)O[C@H]1CN. The third kappa shape index (κ3) is 1.58. The predicted molar refractivity (Wildman–Crippen MR) is 46.0 cm³/mol. The summed E-state index contributed by atoms with van der Waals surface area (Å²) in [5, 5.41) is 27.7. The summed E-state index contributed by atoms with van der Waals surface area (Å²) in [6.45, 7) is 1.47. The zero-order valence-electron chi connectivity index (χ0n) is 7.68. The van der Waals surface area contributed by atoms with Crippen LogP contribution < -0.4 is 5.73 Å². The summed E-state index contributed by atoms with van der Waals surface area (Å²) in [7, 11) is 0. The second-order valence-corrected chi connectivity index (χ2v) is 3.69. The van der Waals surface area contributed by atoms with Crippen LogP contribution in [0.25, 0.3) is 0 Å². The van der Waals surface area contributed by atoms with E-state index in [0.717, 1.165) is 0 Å². The zero-order chi connectivity index (χ0) is 10.1. The quantitative estimate of drug-likeness (QED) is 0.416. The maximum absolute atomic E-state index is 9.71. The smallest absolute Gasteiger partial charge is 0.108 e. The van der Waals surface area contributed by atoms with E-state index < -0.39 is 23.7 Å². The summed E-state index contributed by atoms with van der Waals surface area (Å²) in [6.07, 6.45) is -1.90. The maximum atomic E-state index is 9.71. The molecule has 1 fully saturated rings. The van der Waals surface area contributed by atoms with Crippen molar-refractivity contribution >= 4 is 0 Å². The van der Waals surface area contributed by atoms with E-state index in [9.17, 15) is 5.11 Å².